The van der Waals surface area contributed by atoms with Crippen LogP contribution in [0.5, 0.6) is 0 Å². The van der Waals surface area contributed by atoms with Gasteiger partial charge in [-0.1, -0.05) is 24.3 Å². The molecule has 0 spiro atoms. The Bertz CT molecular complexity index is 1260. The second-order valence-electron chi connectivity index (χ2n) is 12.3. The van der Waals surface area contributed by atoms with E-state index in [2.05, 4.69) is 34.3 Å². The average Bonchev–Trinajstić information content (AvgIpc) is 3.28. The highest BCUT2D eigenvalue weighted by atomic mass is 19.1. The zero-order chi connectivity index (χ0) is 29.9. The molecule has 0 radical (unpaired) electrons. The van der Waals surface area contributed by atoms with E-state index in [0.29, 0.717) is 25.6 Å². The third kappa shape index (κ3) is 6.68. The van der Waals surface area contributed by atoms with Crippen molar-refractivity contribution in [1.82, 2.24) is 20.4 Å². The maximum absolute atomic E-state index is 14.2. The highest BCUT2D eigenvalue weighted by molar-refractivity contribution is 6.03. The molecule has 3 heterocycles. The smallest absolute Gasteiger partial charge is 0.241 e. The lowest BCUT2D eigenvalue weighted by molar-refractivity contribution is -0.125. The lowest BCUT2D eigenvalue weighted by atomic mass is 9.83. The quantitative estimate of drug-likeness (QED) is 0.413. The van der Waals surface area contributed by atoms with Crippen LogP contribution in [0.15, 0.2) is 42.5 Å². The van der Waals surface area contributed by atoms with E-state index in [9.17, 15) is 14.0 Å². The maximum atomic E-state index is 14.2. The van der Waals surface area contributed by atoms with Gasteiger partial charge in [-0.15, -0.1) is 0 Å². The molecule has 228 valence electrons. The Morgan fingerprint density at radius 3 is 2.64 bits per heavy atom. The minimum absolute atomic E-state index is 0.0142. The van der Waals surface area contributed by atoms with Gasteiger partial charge in [-0.2, -0.15) is 0 Å². The number of hydrogen-bond donors (Lipinski definition) is 3. The topological polar surface area (TPSA) is 103 Å². The maximum Gasteiger partial charge on any atom is 0.241 e. The highest BCUT2D eigenvalue weighted by Crippen LogP contribution is 2.42. The molecule has 2 unspecified atom stereocenters. The number of ether oxygens (including phenoxy) is 1. The highest BCUT2D eigenvalue weighted by Gasteiger charge is 2.47. The van der Waals surface area contributed by atoms with E-state index in [1.807, 2.05) is 25.1 Å². The number of nitrogens with two attached hydrogens (primary N) is 1. The molecule has 3 aliphatic rings. The lowest BCUT2D eigenvalue weighted by Crippen LogP contribution is -2.62. The van der Waals surface area contributed by atoms with Crippen LogP contribution in [0.1, 0.15) is 37.5 Å². The first kappa shape index (κ1) is 30.6. The summed E-state index contributed by atoms with van der Waals surface area (Å²) in [5, 5.41) is 6.54. The zero-order valence-corrected chi connectivity index (χ0v) is 25.1. The standard InChI is InChI=1S/C32H45FN6O3/c1-22-17-38(27(16-36-22)18-37-12-13-42-20-23(37)2)19-30(40)39-21-32(3,31(41)35-11-10-34)28-9-6-25(15-29(28)39)14-24-4-7-26(33)8-5-24/h4-9,15,22-23,27,36H,10-14,16-21,34H2,1-3H3,(H,35,41)/t22-,23?,27-,32?/m1/s1. The van der Waals surface area contributed by atoms with Crippen LogP contribution in [-0.4, -0.2) is 105 Å². The van der Waals surface area contributed by atoms with E-state index in [0.717, 1.165) is 61.8 Å². The van der Waals surface area contributed by atoms with Gasteiger partial charge < -0.3 is 26.0 Å². The molecule has 0 aliphatic carbocycles. The molecule has 4 N–H and O–H groups in total. The summed E-state index contributed by atoms with van der Waals surface area (Å²) >= 11 is 0. The average molecular weight is 581 g/mol. The molecule has 3 aliphatic heterocycles. The zero-order valence-electron chi connectivity index (χ0n) is 25.1. The molecule has 2 aromatic rings. The Morgan fingerprint density at radius 1 is 1.14 bits per heavy atom. The SMILES string of the molecule is CC1COCCN1C[C@H]1CN[C@H](C)CN1CC(=O)N1CC(C)(C(=O)NCCN)c2ccc(Cc3ccc(F)cc3)cc21. The van der Waals surface area contributed by atoms with Crippen molar-refractivity contribution in [1.29, 1.82) is 0 Å². The number of benzene rings is 2. The Hall–Kier alpha value is -2.89. The second kappa shape index (κ2) is 13.2. The molecule has 2 aromatic carbocycles. The molecule has 5 rings (SSSR count). The Labute approximate surface area is 248 Å². The monoisotopic (exact) mass is 580 g/mol. The van der Waals surface area contributed by atoms with E-state index in [4.69, 9.17) is 10.5 Å². The number of amides is 2. The van der Waals surface area contributed by atoms with Gasteiger partial charge in [0.2, 0.25) is 11.8 Å². The molecule has 10 heteroatoms. The van der Waals surface area contributed by atoms with Crippen LogP contribution in [0.2, 0.25) is 0 Å². The summed E-state index contributed by atoms with van der Waals surface area (Å²) in [6.45, 7) is 12.3. The third-order valence-electron chi connectivity index (χ3n) is 8.99. The van der Waals surface area contributed by atoms with Crippen LogP contribution in [-0.2, 0) is 26.2 Å². The number of nitrogens with zero attached hydrogens (tertiary/aromatic N) is 3. The lowest BCUT2D eigenvalue weighted by Gasteiger charge is -2.43. The third-order valence-corrected chi connectivity index (χ3v) is 8.99. The number of carbonyl (C=O) groups excluding carboxylic acids is 2. The molecule has 0 bridgehead atoms. The molecule has 0 saturated carbocycles. The van der Waals surface area contributed by atoms with Crippen molar-refractivity contribution in [2.24, 2.45) is 5.73 Å². The van der Waals surface area contributed by atoms with Gasteiger partial charge in [-0.25, -0.2) is 4.39 Å². The molecular weight excluding hydrogens is 535 g/mol. The van der Waals surface area contributed by atoms with Gasteiger partial charge >= 0.3 is 0 Å². The van der Waals surface area contributed by atoms with Crippen LogP contribution in [0.4, 0.5) is 10.1 Å². The Morgan fingerprint density at radius 2 is 1.90 bits per heavy atom. The van der Waals surface area contributed by atoms with Gasteiger partial charge in [-0.3, -0.25) is 19.4 Å². The number of carbonyl (C=O) groups is 2. The van der Waals surface area contributed by atoms with Crippen molar-refractivity contribution >= 4 is 17.5 Å². The van der Waals surface area contributed by atoms with Crippen molar-refractivity contribution in [3.8, 4) is 0 Å². The van der Waals surface area contributed by atoms with Gasteiger partial charge in [0.25, 0.3) is 0 Å². The van der Waals surface area contributed by atoms with Gasteiger partial charge in [-0.05, 0) is 62.1 Å². The number of morpholine rings is 1. The number of piperazine rings is 1. The fourth-order valence-corrected chi connectivity index (χ4v) is 6.47. The van der Waals surface area contributed by atoms with E-state index >= 15 is 0 Å². The normalized spacial score (nSPS) is 26.7. The molecule has 42 heavy (non-hydrogen) atoms. The van der Waals surface area contributed by atoms with E-state index < -0.39 is 5.41 Å². The van der Waals surface area contributed by atoms with E-state index in [1.54, 1.807) is 17.0 Å². The first-order valence-corrected chi connectivity index (χ1v) is 15.1. The minimum Gasteiger partial charge on any atom is -0.379 e. The molecule has 2 amide bonds. The van der Waals surface area contributed by atoms with Gasteiger partial charge in [0, 0.05) is 69.6 Å². The van der Waals surface area contributed by atoms with Crippen molar-refractivity contribution in [3.05, 3.63) is 65.0 Å². The Balaban J connectivity index is 1.39. The van der Waals surface area contributed by atoms with Crippen LogP contribution in [0, 0.1) is 5.82 Å². The van der Waals surface area contributed by atoms with Crippen LogP contribution >= 0.6 is 0 Å². The van der Waals surface area contributed by atoms with Crippen molar-refractivity contribution in [2.45, 2.75) is 50.7 Å². The molecule has 4 atom stereocenters. The predicted octanol–water partition coefficient (Wildman–Crippen LogP) is 1.48. The summed E-state index contributed by atoms with van der Waals surface area (Å²) in [7, 11) is 0. The number of fused-ring (bicyclic) bond motifs is 1. The van der Waals surface area contributed by atoms with Crippen LogP contribution in [0.25, 0.3) is 0 Å². The number of halogens is 1. The number of rotatable bonds is 9. The van der Waals surface area contributed by atoms with Crippen molar-refractivity contribution < 1.29 is 18.7 Å². The molecule has 2 fully saturated rings. The first-order chi connectivity index (χ1) is 20.2. The molecule has 2 saturated heterocycles. The van der Waals surface area contributed by atoms with Crippen LogP contribution in [0.3, 0.4) is 0 Å². The number of nitrogens with one attached hydrogen (secondary N) is 2. The van der Waals surface area contributed by atoms with Gasteiger partial charge in [0.05, 0.1) is 25.2 Å². The molecule has 9 nitrogen and oxygen atoms in total. The number of hydrogen-bond acceptors (Lipinski definition) is 7. The first-order valence-electron chi connectivity index (χ1n) is 15.1. The number of anilines is 1. The van der Waals surface area contributed by atoms with Gasteiger partial charge in [0.15, 0.2) is 0 Å². The summed E-state index contributed by atoms with van der Waals surface area (Å²) in [6.07, 6.45) is 0.598. The largest absolute Gasteiger partial charge is 0.379 e. The fraction of sp³-hybridized carbons (Fsp3) is 0.562. The molecular formula is C32H45FN6O3. The van der Waals surface area contributed by atoms with Crippen molar-refractivity contribution in [3.63, 3.8) is 0 Å². The summed E-state index contributed by atoms with van der Waals surface area (Å²) < 4.78 is 19.1. The minimum atomic E-state index is -0.895. The molecule has 0 aromatic heterocycles. The van der Waals surface area contributed by atoms with E-state index in [-0.39, 0.29) is 42.8 Å². The second-order valence-corrected chi connectivity index (χ2v) is 12.3. The Kier molecular flexibility index (Phi) is 9.59. The summed E-state index contributed by atoms with van der Waals surface area (Å²) in [5.41, 5.74) is 8.36. The predicted molar refractivity (Wildman–Crippen MR) is 162 cm³/mol. The summed E-state index contributed by atoms with van der Waals surface area (Å²) in [6, 6.07) is 13.3. The van der Waals surface area contributed by atoms with E-state index in [1.165, 1.54) is 12.1 Å². The van der Waals surface area contributed by atoms with Crippen LogP contribution < -0.4 is 21.3 Å². The van der Waals surface area contributed by atoms with Gasteiger partial charge in [0.1, 0.15) is 5.82 Å². The van der Waals surface area contributed by atoms with Crippen molar-refractivity contribution in [2.75, 3.05) is 70.5 Å². The fourth-order valence-electron chi connectivity index (χ4n) is 6.47. The summed E-state index contributed by atoms with van der Waals surface area (Å²) in [4.78, 5) is 34.1. The summed E-state index contributed by atoms with van der Waals surface area (Å²) in [5.74, 6) is -0.419.